The molecule has 1 aromatic heterocycles. The second-order valence-corrected chi connectivity index (χ2v) is 25.3. The number of aliphatic hydroxyl groups excluding tert-OH is 3. The number of para-hydroxylation sites is 1. The van der Waals surface area contributed by atoms with Gasteiger partial charge in [-0.15, -0.1) is 10.2 Å². The third kappa shape index (κ3) is 36.6. The van der Waals surface area contributed by atoms with E-state index in [9.17, 15) is 42.4 Å². The molecule has 0 aliphatic rings. The number of ether oxygens (including phenoxy) is 9. The van der Waals surface area contributed by atoms with E-state index in [1.807, 2.05) is 30.3 Å². The number of nitriles is 1. The minimum atomic E-state index is -4.16. The van der Waals surface area contributed by atoms with Crippen LogP contribution < -0.4 is 20.1 Å². The van der Waals surface area contributed by atoms with Crippen molar-refractivity contribution in [3.05, 3.63) is 53.6 Å². The summed E-state index contributed by atoms with van der Waals surface area (Å²) in [6.07, 6.45) is 11.6. The average Bonchev–Trinajstić information content (AvgIpc) is 0.822. The summed E-state index contributed by atoms with van der Waals surface area (Å²) in [7, 11) is -1.50. The van der Waals surface area contributed by atoms with Crippen LogP contribution in [0.4, 0.5) is 28.7 Å². The van der Waals surface area contributed by atoms with Gasteiger partial charge in [0.2, 0.25) is 0 Å². The number of carbonyl (C=O) groups is 6. The topological polar surface area (TPSA) is 369 Å². The first-order chi connectivity index (χ1) is 46.9. The highest BCUT2D eigenvalue weighted by Crippen LogP contribution is 2.41. The average molecular weight is 1380 g/mol. The molecule has 0 bridgehead atoms. The van der Waals surface area contributed by atoms with Crippen LogP contribution in [-0.2, 0) is 71.8 Å². The number of benzene rings is 2. The Bertz CT molecular complexity index is 2950. The number of carbonyl (C=O) groups excluding carboxylic acids is 6. The maximum atomic E-state index is 14.3. The number of aliphatic hydroxyl groups is 3. The third-order valence-electron chi connectivity index (χ3n) is 15.0. The van der Waals surface area contributed by atoms with Gasteiger partial charge < -0.3 is 68.6 Å². The van der Waals surface area contributed by atoms with Gasteiger partial charge in [-0.25, -0.2) is 13.4 Å². The van der Waals surface area contributed by atoms with Crippen LogP contribution in [0.3, 0.4) is 0 Å². The first-order valence-corrected chi connectivity index (χ1v) is 35.6. The van der Waals surface area contributed by atoms with Crippen molar-refractivity contribution >= 4 is 74.4 Å². The lowest BCUT2D eigenvalue weighted by Crippen LogP contribution is -2.41. The van der Waals surface area contributed by atoms with E-state index in [0.717, 1.165) is 12.8 Å². The Balaban J connectivity index is 1.51. The van der Waals surface area contributed by atoms with Crippen molar-refractivity contribution in [2.24, 2.45) is 10.2 Å². The van der Waals surface area contributed by atoms with Gasteiger partial charge in [0.25, 0.3) is 0 Å². The minimum absolute atomic E-state index is 0.0247. The van der Waals surface area contributed by atoms with Gasteiger partial charge in [-0.2, -0.15) is 5.26 Å². The lowest BCUT2D eigenvalue weighted by Gasteiger charge is -2.28. The number of pyridine rings is 1. The van der Waals surface area contributed by atoms with Crippen molar-refractivity contribution in [2.45, 2.75) is 192 Å². The Labute approximate surface area is 571 Å². The molecular weight excluding hydrogens is 1280 g/mol. The maximum absolute atomic E-state index is 14.3. The van der Waals surface area contributed by atoms with E-state index in [1.54, 1.807) is 25.7 Å². The molecule has 97 heavy (non-hydrogen) atoms. The number of rotatable bonds is 56. The number of unbranched alkanes of at least 4 members (excludes halogenated alkanes) is 12. The highest BCUT2D eigenvalue weighted by Gasteiger charge is 2.27. The van der Waals surface area contributed by atoms with Crippen molar-refractivity contribution in [1.29, 1.82) is 5.26 Å². The SMILES string of the molecule is COc1cc(S(=O)(=O)CCN(CC(C)OC(=O)CCCCCO)CC(C)OC(=O)CCCCCO)c(OC)cc1/N=N/c1c(Nc2ccccc2)nc(NCCOCCOC(=O)CCCCCOC(=O)CCCCCOC(=O)CCCCCOC(=O)CCCCCO)c(C#N)c1C. The smallest absolute Gasteiger partial charge is 0.306 e. The predicted octanol–water partition coefficient (Wildman–Crippen LogP) is 10.3. The number of methoxy groups -OCH3 is 2. The zero-order chi connectivity index (χ0) is 70.9. The lowest BCUT2D eigenvalue weighted by molar-refractivity contribution is -0.151. The molecule has 0 radical (unpaired) electrons. The molecule has 0 saturated carbocycles. The first-order valence-electron chi connectivity index (χ1n) is 33.9. The van der Waals surface area contributed by atoms with Crippen LogP contribution in [0.15, 0.2) is 57.6 Å². The molecule has 0 aliphatic carbocycles. The number of hydrogen-bond donors (Lipinski definition) is 5. The van der Waals surface area contributed by atoms with Gasteiger partial charge in [0.1, 0.15) is 58.5 Å². The molecule has 2 atom stereocenters. The van der Waals surface area contributed by atoms with Crippen LogP contribution in [-0.4, -0.2) is 187 Å². The summed E-state index contributed by atoms with van der Waals surface area (Å²) in [5.74, 6) is -2.06. The van der Waals surface area contributed by atoms with Crippen LogP contribution >= 0.6 is 0 Å². The number of esters is 6. The van der Waals surface area contributed by atoms with Crippen molar-refractivity contribution in [3.63, 3.8) is 0 Å². The summed E-state index contributed by atoms with van der Waals surface area (Å²) < 4.78 is 78.1. The van der Waals surface area contributed by atoms with Gasteiger partial charge in [0, 0.05) is 108 Å². The largest absolute Gasteiger partial charge is 0.495 e. The molecule has 0 amide bonds. The van der Waals surface area contributed by atoms with E-state index in [0.29, 0.717) is 133 Å². The normalized spacial score (nSPS) is 12.0. The van der Waals surface area contributed by atoms with E-state index >= 15 is 0 Å². The van der Waals surface area contributed by atoms with Crippen molar-refractivity contribution in [3.8, 4) is 17.6 Å². The van der Waals surface area contributed by atoms with Crippen molar-refractivity contribution in [1.82, 2.24) is 9.88 Å². The number of azo groups is 1. The number of nitrogens with one attached hydrogen (secondary N) is 2. The van der Waals surface area contributed by atoms with Gasteiger partial charge in [0.05, 0.1) is 58.6 Å². The van der Waals surface area contributed by atoms with Gasteiger partial charge in [0.15, 0.2) is 15.7 Å². The van der Waals surface area contributed by atoms with Crippen molar-refractivity contribution in [2.75, 3.05) is 116 Å². The van der Waals surface area contributed by atoms with Gasteiger partial charge in [-0.05, 0) is 129 Å². The van der Waals surface area contributed by atoms with Crippen LogP contribution in [0.2, 0.25) is 0 Å². The van der Waals surface area contributed by atoms with E-state index < -0.39 is 39.7 Å². The molecule has 28 heteroatoms. The number of aromatic nitrogens is 1. The molecule has 1 heterocycles. The molecule has 0 aliphatic heterocycles. The van der Waals surface area contributed by atoms with E-state index in [2.05, 4.69) is 26.9 Å². The predicted molar refractivity (Wildman–Crippen MR) is 362 cm³/mol. The zero-order valence-corrected chi connectivity index (χ0v) is 58.3. The molecule has 3 aromatic rings. The summed E-state index contributed by atoms with van der Waals surface area (Å²) in [5, 5.41) is 52.9. The Hall–Kier alpha value is -7.55. The van der Waals surface area contributed by atoms with Crippen LogP contribution in [0.1, 0.15) is 179 Å². The van der Waals surface area contributed by atoms with E-state index in [4.69, 9.17) is 62.9 Å². The molecule has 2 aromatic carbocycles. The second kappa shape index (κ2) is 50.7. The monoisotopic (exact) mass is 1380 g/mol. The van der Waals surface area contributed by atoms with Crippen LogP contribution in [0.5, 0.6) is 11.5 Å². The molecular formula is C69H105N7O20S. The quantitative estimate of drug-likeness (QED) is 0.0152. The molecule has 27 nitrogen and oxygen atoms in total. The second-order valence-electron chi connectivity index (χ2n) is 23.3. The fraction of sp³-hybridized carbons (Fsp3) is 0.652. The standard InChI is InChI=1S/C69H105N7O20S/c1-52(95-65(84)33-16-8-22-38-78)50-76(51-53(2)96-66(85)34-17-9-23-39-79)36-46-97(86,87)60-48-58(88-4)57(47-59(60)89-5)74-75-67-54(3)56(49-70)68(73-69(67)72-55-27-13-6-14-28-55)71-35-43-90-44-45-94-64(83)32-20-12-26-42-93-63(82)31-19-11-25-41-92-62(81)30-18-10-24-40-91-61(80)29-15-7-21-37-77/h6,13-14,27-28,47-48,52-53,77-79H,7-12,15-26,29-46,50-51H2,1-5H3,(H2,71,72,73)/b75-74+. The Morgan fingerprint density at radius 2 is 1.02 bits per heavy atom. The molecule has 5 N–H and O–H groups in total. The third-order valence-corrected chi connectivity index (χ3v) is 16.7. The van der Waals surface area contributed by atoms with Crippen LogP contribution in [0.25, 0.3) is 0 Å². The van der Waals surface area contributed by atoms with Gasteiger partial charge in [-0.3, -0.25) is 33.7 Å². The summed E-state index contributed by atoms with van der Waals surface area (Å²) in [6.45, 7) is 6.81. The molecule has 2 unspecified atom stereocenters. The fourth-order valence-corrected chi connectivity index (χ4v) is 11.3. The lowest BCUT2D eigenvalue weighted by atomic mass is 10.1. The molecule has 0 fully saturated rings. The highest BCUT2D eigenvalue weighted by molar-refractivity contribution is 7.91. The molecule has 0 saturated heterocycles. The Morgan fingerprint density at radius 1 is 0.567 bits per heavy atom. The zero-order valence-electron chi connectivity index (χ0n) is 57.5. The fourth-order valence-electron chi connectivity index (χ4n) is 9.81. The summed E-state index contributed by atoms with van der Waals surface area (Å²) in [5.41, 5.74) is 1.49. The summed E-state index contributed by atoms with van der Waals surface area (Å²) in [6, 6.07) is 14.0. The number of sulfone groups is 1. The maximum Gasteiger partial charge on any atom is 0.306 e. The number of anilines is 3. The summed E-state index contributed by atoms with van der Waals surface area (Å²) >= 11 is 0. The Morgan fingerprint density at radius 3 is 1.47 bits per heavy atom. The van der Waals surface area contributed by atoms with E-state index in [-0.39, 0.29) is 174 Å². The summed E-state index contributed by atoms with van der Waals surface area (Å²) in [4.78, 5) is 79.9. The molecule has 542 valence electrons. The molecule has 3 rings (SSSR count). The van der Waals surface area contributed by atoms with E-state index in [1.165, 1.54) is 26.4 Å². The van der Waals surface area contributed by atoms with Crippen molar-refractivity contribution < 1.29 is 95.1 Å². The number of nitrogens with zero attached hydrogens (tertiary/aromatic N) is 5. The minimum Gasteiger partial charge on any atom is -0.495 e. The van der Waals surface area contributed by atoms with Gasteiger partial charge in [-0.1, -0.05) is 37.5 Å². The Kier molecular flexibility index (Phi) is 43.8. The first kappa shape index (κ1) is 83.7. The van der Waals surface area contributed by atoms with Gasteiger partial charge >= 0.3 is 35.8 Å². The highest BCUT2D eigenvalue weighted by atomic mass is 32.2. The van der Waals surface area contributed by atoms with Crippen LogP contribution in [0, 0.1) is 18.3 Å². The number of hydrogen-bond acceptors (Lipinski definition) is 27. The molecule has 0 spiro atoms.